The minimum Gasteiger partial charge on any atom is -0.352 e. The quantitative estimate of drug-likeness (QED) is 0.152. The van der Waals surface area contributed by atoms with Crippen LogP contribution in [0.5, 0.6) is 0 Å². The van der Waals surface area contributed by atoms with Crippen LogP contribution < -0.4 is 9.62 Å². The third kappa shape index (κ3) is 8.96. The molecule has 0 aromatic heterocycles. The highest BCUT2D eigenvalue weighted by atomic mass is 35.5. The minimum absolute atomic E-state index is 0.0275. The van der Waals surface area contributed by atoms with Gasteiger partial charge in [0.1, 0.15) is 12.6 Å². The number of sulfonamides is 1. The van der Waals surface area contributed by atoms with E-state index in [1.807, 2.05) is 44.2 Å². The van der Waals surface area contributed by atoms with Gasteiger partial charge in [-0.2, -0.15) is 0 Å². The highest BCUT2D eigenvalue weighted by molar-refractivity contribution is 7.92. The summed E-state index contributed by atoms with van der Waals surface area (Å²) in [5, 5.41) is 3.95. The number of halogens is 4. The van der Waals surface area contributed by atoms with Gasteiger partial charge in [-0.15, -0.1) is 0 Å². The predicted molar refractivity (Wildman–Crippen MR) is 186 cm³/mol. The molecule has 0 unspecified atom stereocenters. The number of hydrogen-bond acceptors (Lipinski definition) is 4. The number of benzene rings is 4. The van der Waals surface area contributed by atoms with Gasteiger partial charge in [-0.05, 0) is 66.9 Å². The van der Waals surface area contributed by atoms with Crippen LogP contribution in [0.15, 0.2) is 102 Å². The number of nitrogens with one attached hydrogen (secondary N) is 1. The zero-order valence-electron chi connectivity index (χ0n) is 25.2. The number of hydrogen-bond donors (Lipinski definition) is 1. The fourth-order valence-electron chi connectivity index (χ4n) is 4.72. The van der Waals surface area contributed by atoms with Gasteiger partial charge in [-0.1, -0.05) is 108 Å². The van der Waals surface area contributed by atoms with Gasteiger partial charge in [0.05, 0.1) is 30.7 Å². The SMILES string of the molecule is CC[C@H](C)NC(=O)[C@H](Cc1ccccc1)N(Cc1ccc(Cl)c(Cl)c1)C(=O)CN(c1ccc(Cl)c(Cl)c1)S(=O)(=O)c1ccccc1. The molecule has 0 spiro atoms. The number of carbonyl (C=O) groups is 2. The Morgan fingerprint density at radius 1 is 0.761 bits per heavy atom. The monoisotopic (exact) mass is 719 g/mol. The Bertz CT molecular complexity index is 1780. The number of rotatable bonds is 13. The van der Waals surface area contributed by atoms with Crippen molar-refractivity contribution < 1.29 is 18.0 Å². The summed E-state index contributed by atoms with van der Waals surface area (Å²) in [5.74, 6) is -1.00. The molecule has 0 radical (unpaired) electrons. The molecule has 2 atom stereocenters. The lowest BCUT2D eigenvalue weighted by Gasteiger charge is -2.34. The van der Waals surface area contributed by atoms with Gasteiger partial charge < -0.3 is 10.2 Å². The molecule has 0 aliphatic heterocycles. The lowest BCUT2D eigenvalue weighted by Crippen LogP contribution is -2.54. The average Bonchev–Trinajstić information content (AvgIpc) is 3.05. The van der Waals surface area contributed by atoms with Crippen LogP contribution in [-0.2, 0) is 32.6 Å². The molecule has 0 aliphatic rings. The summed E-state index contributed by atoms with van der Waals surface area (Å²) in [6, 6.07) is 25.1. The van der Waals surface area contributed by atoms with Gasteiger partial charge in [0.25, 0.3) is 10.0 Å². The topological polar surface area (TPSA) is 86.8 Å². The van der Waals surface area contributed by atoms with E-state index in [0.29, 0.717) is 17.0 Å². The van der Waals surface area contributed by atoms with Crippen molar-refractivity contribution in [1.29, 1.82) is 0 Å². The number of carbonyl (C=O) groups excluding carboxylic acids is 2. The van der Waals surface area contributed by atoms with Crippen molar-refractivity contribution in [2.75, 3.05) is 10.8 Å². The average molecular weight is 722 g/mol. The van der Waals surface area contributed by atoms with Gasteiger partial charge in [0, 0.05) is 19.0 Å². The second-order valence-corrected chi connectivity index (χ2v) is 14.2. The van der Waals surface area contributed by atoms with Crippen molar-refractivity contribution >= 4 is 73.9 Å². The summed E-state index contributed by atoms with van der Waals surface area (Å²) in [4.78, 5) is 29.8. The Kier molecular flexibility index (Phi) is 12.4. The Morgan fingerprint density at radius 3 is 1.93 bits per heavy atom. The van der Waals surface area contributed by atoms with Crippen LogP contribution in [0.3, 0.4) is 0 Å². The summed E-state index contributed by atoms with van der Waals surface area (Å²) in [7, 11) is -4.28. The van der Waals surface area contributed by atoms with Gasteiger partial charge in [-0.25, -0.2) is 8.42 Å². The third-order valence-corrected chi connectivity index (χ3v) is 10.7. The fraction of sp³-hybridized carbons (Fsp3) is 0.235. The zero-order valence-corrected chi connectivity index (χ0v) is 29.0. The summed E-state index contributed by atoms with van der Waals surface area (Å²) in [5.41, 5.74) is 1.55. The molecule has 4 aromatic carbocycles. The maximum Gasteiger partial charge on any atom is 0.264 e. The standard InChI is InChI=1S/C34H33Cl4N3O4S/c1-3-23(2)39-34(43)32(19-24-10-6-4-7-11-24)40(21-25-14-16-28(35)30(37)18-25)33(42)22-41(26-15-17-29(36)31(38)20-26)46(44,45)27-12-8-5-9-13-27/h4-18,20,23,32H,3,19,21-22H2,1-2H3,(H,39,43)/t23-,32-/m0/s1. The first kappa shape index (κ1) is 35.6. The van der Waals surface area contributed by atoms with Crippen molar-refractivity contribution in [1.82, 2.24) is 10.2 Å². The van der Waals surface area contributed by atoms with Gasteiger partial charge in [0.2, 0.25) is 11.8 Å². The van der Waals surface area contributed by atoms with E-state index in [1.165, 1.54) is 35.2 Å². The van der Waals surface area contributed by atoms with Gasteiger partial charge >= 0.3 is 0 Å². The van der Waals surface area contributed by atoms with Crippen molar-refractivity contribution in [2.24, 2.45) is 0 Å². The fourth-order valence-corrected chi connectivity index (χ4v) is 6.76. The Balaban J connectivity index is 1.83. The molecule has 2 amide bonds. The van der Waals surface area contributed by atoms with Gasteiger partial charge in [0.15, 0.2) is 0 Å². The molecule has 4 rings (SSSR count). The lowest BCUT2D eigenvalue weighted by atomic mass is 10.0. The molecule has 4 aromatic rings. The number of amides is 2. The van der Waals surface area contributed by atoms with E-state index in [4.69, 9.17) is 46.4 Å². The van der Waals surface area contributed by atoms with Crippen LogP contribution in [0.2, 0.25) is 20.1 Å². The summed E-state index contributed by atoms with van der Waals surface area (Å²) in [6.07, 6.45) is 0.847. The third-order valence-electron chi connectivity index (χ3n) is 7.41. The van der Waals surface area contributed by atoms with Crippen LogP contribution in [-0.4, -0.2) is 43.8 Å². The first-order chi connectivity index (χ1) is 21.9. The Labute approximate surface area is 290 Å². The number of anilines is 1. The van der Waals surface area contributed by atoms with E-state index in [0.717, 1.165) is 9.87 Å². The highest BCUT2D eigenvalue weighted by Crippen LogP contribution is 2.31. The summed E-state index contributed by atoms with van der Waals surface area (Å²) in [6.45, 7) is 3.13. The normalized spacial score (nSPS) is 12.7. The van der Waals surface area contributed by atoms with Crippen molar-refractivity contribution in [3.63, 3.8) is 0 Å². The summed E-state index contributed by atoms with van der Waals surface area (Å²) >= 11 is 25.0. The van der Waals surface area contributed by atoms with Crippen molar-refractivity contribution in [2.45, 2.75) is 50.2 Å². The Hall–Kier alpha value is -3.27. The van der Waals surface area contributed by atoms with Crippen LogP contribution in [0.4, 0.5) is 5.69 Å². The van der Waals surface area contributed by atoms with Crippen LogP contribution in [0.25, 0.3) is 0 Å². The molecule has 12 heteroatoms. The molecular weight excluding hydrogens is 688 g/mol. The van der Waals surface area contributed by atoms with E-state index in [-0.39, 0.29) is 50.6 Å². The largest absolute Gasteiger partial charge is 0.352 e. The van der Waals surface area contributed by atoms with Gasteiger partial charge in [-0.3, -0.25) is 13.9 Å². The first-order valence-corrected chi connectivity index (χ1v) is 17.5. The molecular formula is C34H33Cl4N3O4S. The van der Waals surface area contributed by atoms with E-state index >= 15 is 0 Å². The molecule has 0 saturated heterocycles. The van der Waals surface area contributed by atoms with E-state index in [9.17, 15) is 18.0 Å². The molecule has 0 saturated carbocycles. The highest BCUT2D eigenvalue weighted by Gasteiger charge is 2.35. The molecule has 7 nitrogen and oxygen atoms in total. The summed E-state index contributed by atoms with van der Waals surface area (Å²) < 4.78 is 29.1. The molecule has 0 heterocycles. The maximum absolute atomic E-state index is 14.5. The molecule has 242 valence electrons. The molecule has 46 heavy (non-hydrogen) atoms. The lowest BCUT2D eigenvalue weighted by molar-refractivity contribution is -0.140. The predicted octanol–water partition coefficient (Wildman–Crippen LogP) is 8.05. The second-order valence-electron chi connectivity index (χ2n) is 10.7. The van der Waals surface area contributed by atoms with Crippen LogP contribution in [0.1, 0.15) is 31.4 Å². The second kappa shape index (κ2) is 16.0. The first-order valence-electron chi connectivity index (χ1n) is 14.5. The molecule has 0 aliphatic carbocycles. The maximum atomic E-state index is 14.5. The Morgan fingerprint density at radius 2 is 1.35 bits per heavy atom. The smallest absolute Gasteiger partial charge is 0.264 e. The van der Waals surface area contributed by atoms with E-state index in [2.05, 4.69) is 5.32 Å². The van der Waals surface area contributed by atoms with E-state index in [1.54, 1.807) is 36.4 Å². The number of nitrogens with zero attached hydrogens (tertiary/aromatic N) is 2. The zero-order chi connectivity index (χ0) is 33.4. The minimum atomic E-state index is -4.28. The van der Waals surface area contributed by atoms with Crippen LogP contribution in [0, 0.1) is 0 Å². The molecule has 1 N–H and O–H groups in total. The van der Waals surface area contributed by atoms with Crippen molar-refractivity contribution in [3.8, 4) is 0 Å². The molecule has 0 bridgehead atoms. The van der Waals surface area contributed by atoms with Crippen LogP contribution >= 0.6 is 46.4 Å². The van der Waals surface area contributed by atoms with Crippen molar-refractivity contribution in [3.05, 3.63) is 128 Å². The van der Waals surface area contributed by atoms with E-state index < -0.39 is 28.5 Å². The molecule has 0 fully saturated rings.